The summed E-state index contributed by atoms with van der Waals surface area (Å²) in [5, 5.41) is 4.71. The number of carbonyl (C=O) groups excluding carboxylic acids is 1. The predicted octanol–water partition coefficient (Wildman–Crippen LogP) is 3.87. The third-order valence-corrected chi connectivity index (χ3v) is 5.35. The van der Waals surface area contributed by atoms with E-state index < -0.39 is 6.43 Å². The first-order valence-electron chi connectivity index (χ1n) is 10.0. The third-order valence-electron chi connectivity index (χ3n) is 5.35. The fourth-order valence-electron chi connectivity index (χ4n) is 3.67. The minimum atomic E-state index is -2.36. The van der Waals surface area contributed by atoms with Crippen LogP contribution in [0.25, 0.3) is 16.9 Å². The number of rotatable bonds is 5. The number of alkyl halides is 2. The second kappa shape index (κ2) is 8.75. The molecule has 0 unspecified atom stereocenters. The van der Waals surface area contributed by atoms with Gasteiger partial charge in [0.15, 0.2) is 0 Å². The molecule has 0 saturated carbocycles. The van der Waals surface area contributed by atoms with Crippen LogP contribution in [0.1, 0.15) is 15.9 Å². The molecule has 0 bridgehead atoms. The van der Waals surface area contributed by atoms with Crippen LogP contribution < -0.4 is 0 Å². The molecule has 0 spiro atoms. The normalized spacial score (nSPS) is 15.0. The first-order chi connectivity index (χ1) is 14.5. The van der Waals surface area contributed by atoms with Crippen LogP contribution in [0.3, 0.4) is 0 Å². The molecule has 0 N–H and O–H groups in total. The topological polar surface area (TPSA) is 41.4 Å². The highest BCUT2D eigenvalue weighted by atomic mass is 19.3. The van der Waals surface area contributed by atoms with Crippen LogP contribution in [0.2, 0.25) is 0 Å². The van der Waals surface area contributed by atoms with E-state index in [4.69, 9.17) is 5.10 Å². The maximum atomic E-state index is 13.3. The quantitative estimate of drug-likeness (QED) is 0.641. The smallest absolute Gasteiger partial charge is 0.257 e. The summed E-state index contributed by atoms with van der Waals surface area (Å²) in [7, 11) is 0. The van der Waals surface area contributed by atoms with Crippen molar-refractivity contribution in [2.24, 2.45) is 0 Å². The number of benzene rings is 2. The lowest BCUT2D eigenvalue weighted by atomic mass is 10.1. The highest BCUT2D eigenvalue weighted by Crippen LogP contribution is 2.25. The molecule has 5 nitrogen and oxygen atoms in total. The molecule has 1 fully saturated rings. The lowest BCUT2D eigenvalue weighted by Gasteiger charge is -2.34. The summed E-state index contributed by atoms with van der Waals surface area (Å²) in [6, 6.07) is 17.5. The lowest BCUT2D eigenvalue weighted by Crippen LogP contribution is -2.49. The number of piperazine rings is 1. The molecule has 2 heterocycles. The third kappa shape index (κ3) is 4.41. The molecule has 4 rings (SSSR count). The molecule has 1 amide bonds. The number of aryl methyl sites for hydroxylation is 1. The van der Waals surface area contributed by atoms with E-state index in [2.05, 4.69) is 0 Å². The van der Waals surface area contributed by atoms with Crippen molar-refractivity contribution in [1.29, 1.82) is 0 Å². The Labute approximate surface area is 174 Å². The van der Waals surface area contributed by atoms with Crippen LogP contribution in [0.15, 0.2) is 60.8 Å². The molecular formula is C23H24F2N4O. The molecule has 0 radical (unpaired) electrons. The summed E-state index contributed by atoms with van der Waals surface area (Å²) in [5.74, 6) is -0.121. The van der Waals surface area contributed by atoms with Gasteiger partial charge in [0.1, 0.15) is 5.69 Å². The van der Waals surface area contributed by atoms with E-state index in [0.29, 0.717) is 37.4 Å². The number of nitrogens with zero attached hydrogens (tertiary/aromatic N) is 4. The Morgan fingerprint density at radius 1 is 1.00 bits per heavy atom. The summed E-state index contributed by atoms with van der Waals surface area (Å²) in [6.07, 6.45) is -0.592. The predicted molar refractivity (Wildman–Crippen MR) is 112 cm³/mol. The fourth-order valence-corrected chi connectivity index (χ4v) is 3.67. The fraction of sp³-hybridized carbons (Fsp3) is 0.304. The molecule has 2 aromatic carbocycles. The van der Waals surface area contributed by atoms with Gasteiger partial charge in [0.05, 0.1) is 17.8 Å². The van der Waals surface area contributed by atoms with Gasteiger partial charge in [-0.05, 0) is 19.1 Å². The van der Waals surface area contributed by atoms with Crippen molar-refractivity contribution in [3.63, 3.8) is 0 Å². The highest BCUT2D eigenvalue weighted by Gasteiger charge is 2.27. The number of halogens is 2. The zero-order chi connectivity index (χ0) is 21.1. The van der Waals surface area contributed by atoms with Crippen molar-refractivity contribution in [3.8, 4) is 16.9 Å². The zero-order valence-corrected chi connectivity index (χ0v) is 16.8. The van der Waals surface area contributed by atoms with Crippen molar-refractivity contribution in [2.75, 3.05) is 32.7 Å². The van der Waals surface area contributed by atoms with Gasteiger partial charge in [-0.1, -0.05) is 48.0 Å². The molecular weight excluding hydrogens is 386 g/mol. The average Bonchev–Trinajstić information content (AvgIpc) is 3.20. The molecule has 1 aliphatic heterocycles. The van der Waals surface area contributed by atoms with E-state index in [-0.39, 0.29) is 12.5 Å². The van der Waals surface area contributed by atoms with Gasteiger partial charge in [0.25, 0.3) is 12.3 Å². The number of hydrogen-bond acceptors (Lipinski definition) is 3. The van der Waals surface area contributed by atoms with Gasteiger partial charge >= 0.3 is 0 Å². The Morgan fingerprint density at radius 3 is 2.30 bits per heavy atom. The molecule has 1 aromatic heterocycles. The van der Waals surface area contributed by atoms with Gasteiger partial charge in [0.2, 0.25) is 0 Å². The summed E-state index contributed by atoms with van der Waals surface area (Å²) in [5.41, 5.74) is 4.02. The number of carbonyl (C=O) groups is 1. The van der Waals surface area contributed by atoms with Crippen molar-refractivity contribution in [2.45, 2.75) is 13.3 Å². The molecule has 0 atom stereocenters. The van der Waals surface area contributed by atoms with Crippen LogP contribution >= 0.6 is 0 Å². The van der Waals surface area contributed by atoms with Gasteiger partial charge < -0.3 is 4.90 Å². The van der Waals surface area contributed by atoms with Crippen molar-refractivity contribution >= 4 is 5.91 Å². The van der Waals surface area contributed by atoms with E-state index in [1.165, 1.54) is 0 Å². The summed E-state index contributed by atoms with van der Waals surface area (Å²) in [6.45, 7) is 3.52. The maximum absolute atomic E-state index is 13.3. The van der Waals surface area contributed by atoms with Crippen LogP contribution in [0, 0.1) is 6.92 Å². The van der Waals surface area contributed by atoms with Crippen molar-refractivity contribution < 1.29 is 13.6 Å². The minimum Gasteiger partial charge on any atom is -0.336 e. The maximum Gasteiger partial charge on any atom is 0.257 e. The summed E-state index contributed by atoms with van der Waals surface area (Å²) >= 11 is 0. The average molecular weight is 410 g/mol. The zero-order valence-electron chi connectivity index (χ0n) is 16.8. The Hall–Kier alpha value is -3.06. The standard InChI is InChI=1S/C23H24F2N4O/c1-17-7-9-19(10-8-17)29-15-20(22(26-29)18-5-3-2-4-6-18)23(30)28-13-11-27(12-14-28)16-21(24)25/h2-10,15,21H,11-14,16H2,1H3. The molecule has 1 aliphatic rings. The molecule has 30 heavy (non-hydrogen) atoms. The van der Waals surface area contributed by atoms with Gasteiger partial charge in [-0.25, -0.2) is 13.5 Å². The minimum absolute atomic E-state index is 0.121. The summed E-state index contributed by atoms with van der Waals surface area (Å²) < 4.78 is 27.0. The largest absolute Gasteiger partial charge is 0.336 e. The van der Waals surface area contributed by atoms with Gasteiger partial charge in [0, 0.05) is 37.9 Å². The van der Waals surface area contributed by atoms with E-state index in [9.17, 15) is 13.6 Å². The van der Waals surface area contributed by atoms with Gasteiger partial charge in [-0.2, -0.15) is 5.10 Å². The van der Waals surface area contributed by atoms with Crippen molar-refractivity contribution in [3.05, 3.63) is 71.9 Å². The van der Waals surface area contributed by atoms with E-state index >= 15 is 0 Å². The highest BCUT2D eigenvalue weighted by molar-refractivity contribution is 6.00. The first kappa shape index (κ1) is 20.2. The van der Waals surface area contributed by atoms with Crippen molar-refractivity contribution in [1.82, 2.24) is 19.6 Å². The van der Waals surface area contributed by atoms with Gasteiger partial charge in [-0.3, -0.25) is 9.69 Å². The van der Waals surface area contributed by atoms with Crippen LogP contribution in [-0.2, 0) is 0 Å². The van der Waals surface area contributed by atoms with Crippen LogP contribution in [0.4, 0.5) is 8.78 Å². The Balaban J connectivity index is 1.63. The molecule has 1 saturated heterocycles. The van der Waals surface area contributed by atoms with E-state index in [0.717, 1.165) is 16.8 Å². The Bertz CT molecular complexity index is 994. The molecule has 156 valence electrons. The van der Waals surface area contributed by atoms with Gasteiger partial charge in [-0.15, -0.1) is 0 Å². The van der Waals surface area contributed by atoms with Crippen LogP contribution in [-0.4, -0.2) is 64.6 Å². The monoisotopic (exact) mass is 410 g/mol. The lowest BCUT2D eigenvalue weighted by molar-refractivity contribution is 0.0459. The molecule has 3 aromatic rings. The SMILES string of the molecule is Cc1ccc(-n2cc(C(=O)N3CCN(CC(F)F)CC3)c(-c3ccccc3)n2)cc1. The van der Waals surface area contributed by atoms with E-state index in [1.54, 1.807) is 20.7 Å². The molecule has 7 heteroatoms. The Morgan fingerprint density at radius 2 is 1.67 bits per heavy atom. The number of hydrogen-bond donors (Lipinski definition) is 0. The number of aromatic nitrogens is 2. The Kier molecular flexibility index (Phi) is 5.90. The first-order valence-corrected chi connectivity index (χ1v) is 10.0. The number of amides is 1. The second-order valence-corrected chi connectivity index (χ2v) is 7.52. The van der Waals surface area contributed by atoms with Crippen LogP contribution in [0.5, 0.6) is 0 Å². The summed E-state index contributed by atoms with van der Waals surface area (Å²) in [4.78, 5) is 16.8. The second-order valence-electron chi connectivity index (χ2n) is 7.52. The molecule has 0 aliphatic carbocycles. The van der Waals surface area contributed by atoms with E-state index in [1.807, 2.05) is 61.5 Å².